The SMILES string of the molecule is CCNS(=O)(=O)N(C)C1CCC(=O)CC1. The maximum absolute atomic E-state index is 11.6. The molecule has 6 heteroatoms. The Bertz CT molecular complexity index is 316. The van der Waals surface area contributed by atoms with E-state index in [4.69, 9.17) is 0 Å². The van der Waals surface area contributed by atoms with Gasteiger partial charge in [-0.25, -0.2) is 4.72 Å². The third-order valence-electron chi connectivity index (χ3n) is 2.73. The summed E-state index contributed by atoms with van der Waals surface area (Å²) in [6.45, 7) is 2.13. The number of hydrogen-bond donors (Lipinski definition) is 1. The summed E-state index contributed by atoms with van der Waals surface area (Å²) in [6.07, 6.45) is 2.27. The lowest BCUT2D eigenvalue weighted by Crippen LogP contribution is -2.45. The number of nitrogens with zero attached hydrogens (tertiary/aromatic N) is 1. The van der Waals surface area contributed by atoms with Gasteiger partial charge in [-0.3, -0.25) is 4.79 Å². The Kier molecular flexibility index (Phi) is 4.24. The van der Waals surface area contributed by atoms with Crippen LogP contribution in [0.5, 0.6) is 0 Å². The van der Waals surface area contributed by atoms with E-state index >= 15 is 0 Å². The molecule has 1 N–H and O–H groups in total. The molecule has 0 atom stereocenters. The average Bonchev–Trinajstić information content (AvgIpc) is 2.18. The number of hydrogen-bond acceptors (Lipinski definition) is 3. The highest BCUT2D eigenvalue weighted by Crippen LogP contribution is 2.20. The summed E-state index contributed by atoms with van der Waals surface area (Å²) in [7, 11) is -1.79. The van der Waals surface area contributed by atoms with Crippen molar-refractivity contribution in [3.8, 4) is 0 Å². The lowest BCUT2D eigenvalue weighted by Gasteiger charge is -2.29. The Morgan fingerprint density at radius 1 is 1.40 bits per heavy atom. The van der Waals surface area contributed by atoms with Gasteiger partial charge in [0.15, 0.2) is 0 Å². The molecule has 1 saturated carbocycles. The van der Waals surface area contributed by atoms with Gasteiger partial charge < -0.3 is 0 Å². The minimum absolute atomic E-state index is 0.0354. The predicted octanol–water partition coefficient (Wildman–Crippen LogP) is 0.284. The van der Waals surface area contributed by atoms with Gasteiger partial charge in [0, 0.05) is 32.5 Å². The highest BCUT2D eigenvalue weighted by atomic mass is 32.2. The summed E-state index contributed by atoms with van der Waals surface area (Å²) in [4.78, 5) is 11.0. The number of rotatable bonds is 4. The number of nitrogens with one attached hydrogen (secondary N) is 1. The smallest absolute Gasteiger partial charge is 0.279 e. The Morgan fingerprint density at radius 2 is 1.93 bits per heavy atom. The Morgan fingerprint density at radius 3 is 2.40 bits per heavy atom. The normalized spacial score (nSPS) is 19.8. The average molecular weight is 234 g/mol. The minimum Gasteiger partial charge on any atom is -0.300 e. The molecule has 88 valence electrons. The third-order valence-corrected chi connectivity index (χ3v) is 4.44. The van der Waals surface area contributed by atoms with E-state index in [9.17, 15) is 13.2 Å². The van der Waals surface area contributed by atoms with Gasteiger partial charge in [0.1, 0.15) is 5.78 Å². The summed E-state index contributed by atoms with van der Waals surface area (Å²) in [5.74, 6) is 0.237. The van der Waals surface area contributed by atoms with Crippen molar-refractivity contribution in [2.45, 2.75) is 38.6 Å². The van der Waals surface area contributed by atoms with Crippen molar-refractivity contribution in [2.24, 2.45) is 0 Å². The highest BCUT2D eigenvalue weighted by Gasteiger charge is 2.28. The molecular formula is C9H18N2O3S. The maximum atomic E-state index is 11.6. The Hall–Kier alpha value is -0.460. The zero-order chi connectivity index (χ0) is 11.5. The van der Waals surface area contributed by atoms with E-state index in [2.05, 4.69) is 4.72 Å². The molecule has 15 heavy (non-hydrogen) atoms. The zero-order valence-corrected chi connectivity index (χ0v) is 10.0. The molecule has 1 rings (SSSR count). The first-order valence-corrected chi connectivity index (χ1v) is 6.65. The van der Waals surface area contributed by atoms with Crippen LogP contribution in [0.4, 0.5) is 0 Å². The topological polar surface area (TPSA) is 66.5 Å². The molecule has 0 unspecified atom stereocenters. The van der Waals surface area contributed by atoms with Crippen LogP contribution < -0.4 is 4.72 Å². The van der Waals surface area contributed by atoms with Crippen LogP contribution in [-0.4, -0.2) is 38.1 Å². The molecule has 1 fully saturated rings. The van der Waals surface area contributed by atoms with Gasteiger partial charge in [-0.05, 0) is 12.8 Å². The summed E-state index contributed by atoms with van der Waals surface area (Å²) in [6, 6.07) is -0.0354. The lowest BCUT2D eigenvalue weighted by molar-refractivity contribution is -0.120. The molecule has 0 aliphatic heterocycles. The lowest BCUT2D eigenvalue weighted by atomic mass is 9.95. The fourth-order valence-electron chi connectivity index (χ4n) is 1.77. The first kappa shape index (κ1) is 12.6. The predicted molar refractivity (Wildman–Crippen MR) is 57.6 cm³/mol. The second-order valence-electron chi connectivity index (χ2n) is 3.79. The van der Waals surface area contributed by atoms with E-state index in [0.717, 1.165) is 0 Å². The van der Waals surface area contributed by atoms with Gasteiger partial charge in [-0.2, -0.15) is 12.7 Å². The summed E-state index contributed by atoms with van der Waals surface area (Å²) >= 11 is 0. The molecule has 0 aromatic rings. The summed E-state index contributed by atoms with van der Waals surface area (Å²) in [5.41, 5.74) is 0. The Balaban J connectivity index is 2.60. The van der Waals surface area contributed by atoms with Gasteiger partial charge >= 0.3 is 0 Å². The first-order valence-electron chi connectivity index (χ1n) is 5.21. The summed E-state index contributed by atoms with van der Waals surface area (Å²) < 4.78 is 27.1. The minimum atomic E-state index is -3.36. The van der Waals surface area contributed by atoms with Crippen LogP contribution in [-0.2, 0) is 15.0 Å². The van der Waals surface area contributed by atoms with Gasteiger partial charge in [0.25, 0.3) is 10.2 Å². The van der Waals surface area contributed by atoms with Crippen molar-refractivity contribution in [1.29, 1.82) is 0 Å². The highest BCUT2D eigenvalue weighted by molar-refractivity contribution is 7.87. The van der Waals surface area contributed by atoms with Crippen molar-refractivity contribution in [3.63, 3.8) is 0 Å². The van der Waals surface area contributed by atoms with Crippen molar-refractivity contribution < 1.29 is 13.2 Å². The number of carbonyl (C=O) groups is 1. The van der Waals surface area contributed by atoms with Crippen LogP contribution in [0.2, 0.25) is 0 Å². The molecule has 0 heterocycles. The molecule has 0 aromatic heterocycles. The number of carbonyl (C=O) groups excluding carboxylic acids is 1. The van der Waals surface area contributed by atoms with Crippen molar-refractivity contribution in [2.75, 3.05) is 13.6 Å². The fraction of sp³-hybridized carbons (Fsp3) is 0.889. The molecule has 0 radical (unpaired) electrons. The van der Waals surface area contributed by atoms with Crippen molar-refractivity contribution in [1.82, 2.24) is 9.03 Å². The molecule has 0 amide bonds. The van der Waals surface area contributed by atoms with Crippen LogP contribution in [0.3, 0.4) is 0 Å². The molecular weight excluding hydrogens is 216 g/mol. The monoisotopic (exact) mass is 234 g/mol. The molecule has 1 aliphatic rings. The van der Waals surface area contributed by atoms with E-state index < -0.39 is 10.2 Å². The fourth-order valence-corrected chi connectivity index (χ4v) is 2.94. The van der Waals surface area contributed by atoms with Gasteiger partial charge in [-0.15, -0.1) is 0 Å². The zero-order valence-electron chi connectivity index (χ0n) is 9.19. The molecule has 0 aromatic carbocycles. The second-order valence-corrected chi connectivity index (χ2v) is 5.60. The van der Waals surface area contributed by atoms with Gasteiger partial charge in [0.05, 0.1) is 0 Å². The van der Waals surface area contributed by atoms with Crippen LogP contribution in [0, 0.1) is 0 Å². The molecule has 0 saturated heterocycles. The molecule has 0 bridgehead atoms. The quantitative estimate of drug-likeness (QED) is 0.760. The Labute approximate surface area is 91.0 Å². The molecule has 5 nitrogen and oxygen atoms in total. The first-order chi connectivity index (χ1) is 6.97. The standard InChI is InChI=1S/C9H18N2O3S/c1-3-10-15(13,14)11(2)8-4-6-9(12)7-5-8/h8,10H,3-7H2,1-2H3. The largest absolute Gasteiger partial charge is 0.300 e. The maximum Gasteiger partial charge on any atom is 0.279 e. The number of ketones is 1. The molecule has 1 aliphatic carbocycles. The third kappa shape index (κ3) is 3.25. The van der Waals surface area contributed by atoms with Crippen LogP contribution in [0.25, 0.3) is 0 Å². The van der Waals surface area contributed by atoms with Crippen molar-refractivity contribution >= 4 is 16.0 Å². The van der Waals surface area contributed by atoms with Gasteiger partial charge in [-0.1, -0.05) is 6.92 Å². The van der Waals surface area contributed by atoms with Gasteiger partial charge in [0.2, 0.25) is 0 Å². The summed E-state index contributed by atoms with van der Waals surface area (Å²) in [5, 5.41) is 0. The van der Waals surface area contributed by atoms with E-state index in [-0.39, 0.29) is 11.8 Å². The van der Waals surface area contributed by atoms with E-state index in [1.54, 1.807) is 14.0 Å². The van der Waals surface area contributed by atoms with E-state index in [0.29, 0.717) is 32.2 Å². The van der Waals surface area contributed by atoms with Crippen LogP contribution >= 0.6 is 0 Å². The number of Topliss-reactive ketones (excluding diaryl/α,β-unsaturated/α-hetero) is 1. The van der Waals surface area contributed by atoms with Crippen molar-refractivity contribution in [3.05, 3.63) is 0 Å². The second kappa shape index (κ2) is 5.05. The van der Waals surface area contributed by atoms with E-state index in [1.807, 2.05) is 0 Å². The van der Waals surface area contributed by atoms with Crippen LogP contribution in [0.1, 0.15) is 32.6 Å². The van der Waals surface area contributed by atoms with Crippen LogP contribution in [0.15, 0.2) is 0 Å². The molecule has 0 spiro atoms. The van der Waals surface area contributed by atoms with E-state index in [1.165, 1.54) is 4.31 Å².